The summed E-state index contributed by atoms with van der Waals surface area (Å²) < 4.78 is 1.99. The summed E-state index contributed by atoms with van der Waals surface area (Å²) in [4.78, 5) is 11.9. The molecule has 4 nitrogen and oxygen atoms in total. The molecule has 1 heterocycles. The Labute approximate surface area is 110 Å². The Kier molecular flexibility index (Phi) is 5.78. The molecule has 0 aliphatic rings. The number of hydrogen-bond acceptors (Lipinski definition) is 3. The summed E-state index contributed by atoms with van der Waals surface area (Å²) in [5.74, 6) is 5.65. The second kappa shape index (κ2) is 7.13. The van der Waals surface area contributed by atoms with E-state index in [1.807, 2.05) is 0 Å². The van der Waals surface area contributed by atoms with E-state index in [1.54, 1.807) is 13.1 Å². The number of aryl methyl sites for hydroxylation is 1. The molecule has 0 atom stereocenters. The molecule has 1 N–H and O–H groups in total. The fourth-order valence-electron chi connectivity index (χ4n) is 1.28. The lowest BCUT2D eigenvalue weighted by Crippen LogP contribution is -2.24. The van der Waals surface area contributed by atoms with E-state index in [2.05, 4.69) is 45.1 Å². The SMILES string of the molecule is CC#CCNc1cnn(CCCC)c(=O)c1Br. The van der Waals surface area contributed by atoms with Crippen LogP contribution in [0.5, 0.6) is 0 Å². The van der Waals surface area contributed by atoms with Crippen LogP contribution in [0.2, 0.25) is 0 Å². The Balaban J connectivity index is 2.85. The minimum absolute atomic E-state index is 0.104. The normalized spacial score (nSPS) is 9.59. The molecule has 0 spiro atoms. The quantitative estimate of drug-likeness (QED) is 0.848. The van der Waals surface area contributed by atoms with Gasteiger partial charge >= 0.3 is 0 Å². The molecule has 92 valence electrons. The Morgan fingerprint density at radius 3 is 3.00 bits per heavy atom. The lowest BCUT2D eigenvalue weighted by molar-refractivity contribution is 0.541. The number of aromatic nitrogens is 2. The molecule has 5 heteroatoms. The van der Waals surface area contributed by atoms with Crippen LogP contribution >= 0.6 is 15.9 Å². The number of nitrogens with one attached hydrogen (secondary N) is 1. The molecule has 0 saturated heterocycles. The molecule has 1 aromatic heterocycles. The monoisotopic (exact) mass is 297 g/mol. The zero-order valence-corrected chi connectivity index (χ0v) is 11.7. The summed E-state index contributed by atoms with van der Waals surface area (Å²) in [6, 6.07) is 0. The lowest BCUT2D eigenvalue weighted by Gasteiger charge is -2.08. The molecule has 0 fully saturated rings. The van der Waals surface area contributed by atoms with Crippen molar-refractivity contribution in [3.8, 4) is 11.8 Å². The van der Waals surface area contributed by atoms with Crippen LogP contribution in [-0.2, 0) is 6.54 Å². The van der Waals surface area contributed by atoms with Crippen molar-refractivity contribution in [2.75, 3.05) is 11.9 Å². The molecule has 0 unspecified atom stereocenters. The molecule has 0 aliphatic heterocycles. The zero-order chi connectivity index (χ0) is 12.7. The molecular formula is C12H16BrN3O. The summed E-state index contributed by atoms with van der Waals surface area (Å²) >= 11 is 3.29. The minimum Gasteiger partial charge on any atom is -0.372 e. The number of rotatable bonds is 5. The van der Waals surface area contributed by atoms with Gasteiger partial charge in [0.2, 0.25) is 0 Å². The molecule has 0 aromatic carbocycles. The van der Waals surface area contributed by atoms with Crippen LogP contribution in [0.4, 0.5) is 5.69 Å². The van der Waals surface area contributed by atoms with E-state index in [-0.39, 0.29) is 5.56 Å². The predicted molar refractivity (Wildman–Crippen MR) is 73.0 cm³/mol. The van der Waals surface area contributed by atoms with E-state index in [1.165, 1.54) is 4.68 Å². The van der Waals surface area contributed by atoms with Crippen molar-refractivity contribution >= 4 is 21.6 Å². The third-order valence-electron chi connectivity index (χ3n) is 2.25. The second-order valence-electron chi connectivity index (χ2n) is 3.53. The number of unbranched alkanes of at least 4 members (excludes halogenated alkanes) is 1. The average molecular weight is 298 g/mol. The van der Waals surface area contributed by atoms with Crippen molar-refractivity contribution in [1.82, 2.24) is 9.78 Å². The van der Waals surface area contributed by atoms with Crippen LogP contribution in [0.3, 0.4) is 0 Å². The van der Waals surface area contributed by atoms with Crippen molar-refractivity contribution in [2.45, 2.75) is 33.2 Å². The van der Waals surface area contributed by atoms with Crippen molar-refractivity contribution in [3.05, 3.63) is 21.0 Å². The van der Waals surface area contributed by atoms with Gasteiger partial charge in [0, 0.05) is 6.54 Å². The van der Waals surface area contributed by atoms with E-state index >= 15 is 0 Å². The number of nitrogens with zero attached hydrogens (tertiary/aromatic N) is 2. The van der Waals surface area contributed by atoms with Gasteiger partial charge in [-0.1, -0.05) is 19.3 Å². The zero-order valence-electron chi connectivity index (χ0n) is 10.1. The van der Waals surface area contributed by atoms with Crippen molar-refractivity contribution < 1.29 is 0 Å². The first-order valence-electron chi connectivity index (χ1n) is 5.59. The molecule has 0 aliphatic carbocycles. The molecule has 0 amide bonds. The Hall–Kier alpha value is -1.28. The fraction of sp³-hybridized carbons (Fsp3) is 0.500. The largest absolute Gasteiger partial charge is 0.372 e. The maximum absolute atomic E-state index is 11.9. The van der Waals surface area contributed by atoms with Crippen LogP contribution in [0.25, 0.3) is 0 Å². The van der Waals surface area contributed by atoms with Gasteiger partial charge in [-0.2, -0.15) is 5.10 Å². The van der Waals surface area contributed by atoms with Crippen LogP contribution in [0.15, 0.2) is 15.5 Å². The first-order valence-corrected chi connectivity index (χ1v) is 6.39. The first-order chi connectivity index (χ1) is 8.20. The van der Waals surface area contributed by atoms with E-state index < -0.39 is 0 Å². The lowest BCUT2D eigenvalue weighted by atomic mass is 10.3. The Morgan fingerprint density at radius 2 is 2.35 bits per heavy atom. The Morgan fingerprint density at radius 1 is 1.59 bits per heavy atom. The summed E-state index contributed by atoms with van der Waals surface area (Å²) in [5, 5.41) is 7.16. The van der Waals surface area contributed by atoms with E-state index in [9.17, 15) is 4.79 Å². The van der Waals surface area contributed by atoms with E-state index in [0.717, 1.165) is 12.8 Å². The molecule has 1 rings (SSSR count). The molecular weight excluding hydrogens is 282 g/mol. The van der Waals surface area contributed by atoms with Gasteiger partial charge < -0.3 is 5.32 Å². The predicted octanol–water partition coefficient (Wildman–Crippen LogP) is 2.24. The second-order valence-corrected chi connectivity index (χ2v) is 4.33. The van der Waals surface area contributed by atoms with Gasteiger partial charge in [-0.15, -0.1) is 5.92 Å². The molecule has 0 saturated carbocycles. The van der Waals surface area contributed by atoms with Gasteiger partial charge in [0.15, 0.2) is 0 Å². The number of anilines is 1. The Bertz CT molecular complexity index is 485. The van der Waals surface area contributed by atoms with Crippen molar-refractivity contribution in [1.29, 1.82) is 0 Å². The summed E-state index contributed by atoms with van der Waals surface area (Å²) in [5.41, 5.74) is 0.582. The summed E-state index contributed by atoms with van der Waals surface area (Å²) in [6.07, 6.45) is 3.64. The van der Waals surface area contributed by atoms with Gasteiger partial charge in [-0.05, 0) is 29.3 Å². The van der Waals surface area contributed by atoms with Gasteiger partial charge in [0.25, 0.3) is 5.56 Å². The highest BCUT2D eigenvalue weighted by molar-refractivity contribution is 9.10. The first kappa shape index (κ1) is 13.8. The molecule has 1 aromatic rings. The van der Waals surface area contributed by atoms with Crippen molar-refractivity contribution in [3.63, 3.8) is 0 Å². The summed E-state index contributed by atoms with van der Waals surface area (Å²) in [7, 11) is 0. The molecule has 17 heavy (non-hydrogen) atoms. The van der Waals surface area contributed by atoms with Gasteiger partial charge in [0.1, 0.15) is 4.47 Å². The topological polar surface area (TPSA) is 46.9 Å². The smallest absolute Gasteiger partial charge is 0.283 e. The molecule has 0 bridgehead atoms. The number of hydrogen-bond donors (Lipinski definition) is 1. The van der Waals surface area contributed by atoms with Crippen LogP contribution < -0.4 is 10.9 Å². The van der Waals surface area contributed by atoms with Crippen molar-refractivity contribution in [2.24, 2.45) is 0 Å². The average Bonchev–Trinajstić information content (AvgIpc) is 2.34. The van der Waals surface area contributed by atoms with Crippen LogP contribution in [-0.4, -0.2) is 16.3 Å². The van der Waals surface area contributed by atoms with E-state index in [0.29, 0.717) is 23.2 Å². The maximum atomic E-state index is 11.9. The third-order valence-corrected chi connectivity index (χ3v) is 3.02. The third kappa shape index (κ3) is 3.90. The van der Waals surface area contributed by atoms with Crippen LogP contribution in [0, 0.1) is 11.8 Å². The highest BCUT2D eigenvalue weighted by Crippen LogP contribution is 2.15. The standard InChI is InChI=1S/C12H16BrN3O/c1-3-5-7-14-10-9-15-16(8-6-4-2)12(17)11(10)13/h9,14H,4,6-8H2,1-2H3. The number of halogens is 1. The highest BCUT2D eigenvalue weighted by Gasteiger charge is 2.07. The fourth-order valence-corrected chi connectivity index (χ4v) is 1.73. The molecule has 0 radical (unpaired) electrons. The van der Waals surface area contributed by atoms with E-state index in [4.69, 9.17) is 0 Å². The van der Waals surface area contributed by atoms with Gasteiger partial charge in [-0.25, -0.2) is 4.68 Å². The van der Waals surface area contributed by atoms with Gasteiger partial charge in [-0.3, -0.25) is 4.79 Å². The highest BCUT2D eigenvalue weighted by atomic mass is 79.9. The van der Waals surface area contributed by atoms with Gasteiger partial charge in [0.05, 0.1) is 18.4 Å². The maximum Gasteiger partial charge on any atom is 0.283 e. The van der Waals surface area contributed by atoms with Crippen LogP contribution in [0.1, 0.15) is 26.7 Å². The summed E-state index contributed by atoms with van der Waals surface area (Å²) in [6.45, 7) is 5.02. The minimum atomic E-state index is -0.104.